The Kier molecular flexibility index (Phi) is 16.7. The number of rotatable bonds is 15. The number of aliphatic carboxylic acids is 1. The first-order chi connectivity index (χ1) is 10.8. The summed E-state index contributed by atoms with van der Waals surface area (Å²) in [7, 11) is 0. The summed E-state index contributed by atoms with van der Waals surface area (Å²) < 4.78 is 0. The molecule has 0 rings (SSSR count). The average Bonchev–Trinajstić information content (AvgIpc) is 2.50. The topological polar surface area (TPSA) is 37.3 Å². The minimum absolute atomic E-state index is 0.294. The van der Waals surface area contributed by atoms with Gasteiger partial charge in [0.2, 0.25) is 0 Å². The van der Waals surface area contributed by atoms with Gasteiger partial charge < -0.3 is 5.11 Å². The highest BCUT2D eigenvalue weighted by atomic mass is 16.4. The van der Waals surface area contributed by atoms with E-state index in [4.69, 9.17) is 5.11 Å². The first kappa shape index (κ1) is 20.7. The molecule has 0 radical (unpaired) electrons. The van der Waals surface area contributed by atoms with E-state index in [2.05, 4.69) is 43.4 Å². The van der Waals surface area contributed by atoms with Crippen molar-refractivity contribution in [2.24, 2.45) is 0 Å². The predicted octanol–water partition coefficient (Wildman–Crippen LogP) is 6.44. The van der Waals surface area contributed by atoms with Gasteiger partial charge in [-0.2, -0.15) is 0 Å². The Morgan fingerprint density at radius 1 is 0.727 bits per heavy atom. The third kappa shape index (κ3) is 18.7. The molecule has 1 N–H and O–H groups in total. The molecule has 0 aromatic rings. The van der Waals surface area contributed by atoms with Crippen molar-refractivity contribution in [3.05, 3.63) is 36.5 Å². The first-order valence-electron chi connectivity index (χ1n) is 8.94. The average molecular weight is 306 g/mol. The molecule has 0 fully saturated rings. The fraction of sp³-hybridized carbons (Fsp3) is 0.650. The molecule has 0 atom stereocenters. The molecule has 0 aliphatic heterocycles. The van der Waals surface area contributed by atoms with Gasteiger partial charge in [0.15, 0.2) is 0 Å². The van der Waals surface area contributed by atoms with Crippen molar-refractivity contribution in [3.63, 3.8) is 0 Å². The van der Waals surface area contributed by atoms with Gasteiger partial charge in [-0.3, -0.25) is 4.79 Å². The van der Waals surface area contributed by atoms with Crippen LogP contribution in [-0.4, -0.2) is 11.1 Å². The largest absolute Gasteiger partial charge is 0.481 e. The Morgan fingerprint density at radius 3 is 1.73 bits per heavy atom. The number of hydrogen-bond acceptors (Lipinski definition) is 1. The van der Waals surface area contributed by atoms with Gasteiger partial charge in [-0.1, -0.05) is 56.2 Å². The van der Waals surface area contributed by atoms with Crippen LogP contribution in [0.15, 0.2) is 36.5 Å². The predicted molar refractivity (Wildman–Crippen MR) is 96.1 cm³/mol. The second-order valence-electron chi connectivity index (χ2n) is 5.69. The summed E-state index contributed by atoms with van der Waals surface area (Å²) in [5.41, 5.74) is 0. The van der Waals surface area contributed by atoms with Gasteiger partial charge >= 0.3 is 5.97 Å². The van der Waals surface area contributed by atoms with Gasteiger partial charge in [0.1, 0.15) is 0 Å². The van der Waals surface area contributed by atoms with E-state index >= 15 is 0 Å². The lowest BCUT2D eigenvalue weighted by molar-refractivity contribution is -0.137. The van der Waals surface area contributed by atoms with Crippen molar-refractivity contribution in [3.8, 4) is 0 Å². The molecule has 0 aliphatic carbocycles. The Balaban J connectivity index is 3.23. The molecule has 0 saturated heterocycles. The molecule has 2 nitrogen and oxygen atoms in total. The summed E-state index contributed by atoms with van der Waals surface area (Å²) in [5.74, 6) is -0.690. The molecule has 126 valence electrons. The van der Waals surface area contributed by atoms with Gasteiger partial charge in [-0.05, 0) is 57.8 Å². The van der Waals surface area contributed by atoms with Crippen molar-refractivity contribution < 1.29 is 9.90 Å². The van der Waals surface area contributed by atoms with E-state index in [-0.39, 0.29) is 0 Å². The molecule has 0 unspecified atom stereocenters. The smallest absolute Gasteiger partial charge is 0.303 e. The van der Waals surface area contributed by atoms with Crippen LogP contribution < -0.4 is 0 Å². The number of carboxylic acid groups (broad SMARTS) is 1. The summed E-state index contributed by atoms with van der Waals surface area (Å²) >= 11 is 0. The third-order valence-corrected chi connectivity index (χ3v) is 3.51. The Bertz CT molecular complexity index is 327. The van der Waals surface area contributed by atoms with E-state index < -0.39 is 5.97 Å². The van der Waals surface area contributed by atoms with Crippen LogP contribution in [0.2, 0.25) is 0 Å². The second-order valence-corrected chi connectivity index (χ2v) is 5.69. The zero-order valence-corrected chi connectivity index (χ0v) is 14.3. The number of carboxylic acids is 1. The molecular formula is C20H34O2. The molecule has 0 spiro atoms. The first-order valence-corrected chi connectivity index (χ1v) is 8.94. The molecule has 0 aromatic heterocycles. The fourth-order valence-electron chi connectivity index (χ4n) is 2.21. The van der Waals surface area contributed by atoms with E-state index in [1.807, 2.05) is 0 Å². The van der Waals surface area contributed by atoms with Crippen molar-refractivity contribution >= 4 is 5.97 Å². The van der Waals surface area contributed by atoms with Crippen LogP contribution in [0.25, 0.3) is 0 Å². The molecule has 0 saturated carbocycles. The highest BCUT2D eigenvalue weighted by Gasteiger charge is 1.93. The van der Waals surface area contributed by atoms with Crippen LogP contribution in [-0.2, 0) is 4.79 Å². The number of carbonyl (C=O) groups is 1. The Morgan fingerprint density at radius 2 is 1.23 bits per heavy atom. The van der Waals surface area contributed by atoms with Crippen molar-refractivity contribution in [1.29, 1.82) is 0 Å². The van der Waals surface area contributed by atoms with Crippen LogP contribution in [0.4, 0.5) is 0 Å². The zero-order valence-electron chi connectivity index (χ0n) is 14.3. The quantitative estimate of drug-likeness (QED) is 0.279. The van der Waals surface area contributed by atoms with E-state index in [0.29, 0.717) is 6.42 Å². The minimum Gasteiger partial charge on any atom is -0.481 e. The lowest BCUT2D eigenvalue weighted by Crippen LogP contribution is -1.92. The fourth-order valence-corrected chi connectivity index (χ4v) is 2.21. The summed E-state index contributed by atoms with van der Waals surface area (Å²) in [6.45, 7) is 2.18. The van der Waals surface area contributed by atoms with E-state index in [1.165, 1.54) is 38.5 Å². The van der Waals surface area contributed by atoms with E-state index in [1.54, 1.807) is 0 Å². The summed E-state index contributed by atoms with van der Waals surface area (Å²) in [6, 6.07) is 0. The van der Waals surface area contributed by atoms with Crippen LogP contribution in [0.3, 0.4) is 0 Å². The molecular weight excluding hydrogens is 272 g/mol. The van der Waals surface area contributed by atoms with Gasteiger partial charge in [0.05, 0.1) is 0 Å². The molecule has 22 heavy (non-hydrogen) atoms. The lowest BCUT2D eigenvalue weighted by Gasteiger charge is -1.96. The maximum Gasteiger partial charge on any atom is 0.303 e. The van der Waals surface area contributed by atoms with Crippen LogP contribution in [0.5, 0.6) is 0 Å². The highest BCUT2D eigenvalue weighted by Crippen LogP contribution is 2.07. The number of hydrogen-bond donors (Lipinski definition) is 1. The maximum atomic E-state index is 10.3. The standard InChI is InChI=1S/C20H34O2/c1-2-3-4-5-6-7-8-9-10-11-12-13-14-15-16-17-18-19-20(21)22/h3-4,11-12,14-15H,2,5-10,13,16-19H2,1H3,(H,21,22). The van der Waals surface area contributed by atoms with Gasteiger partial charge in [0, 0.05) is 6.42 Å². The Labute approximate surface area is 137 Å². The molecule has 0 heterocycles. The van der Waals surface area contributed by atoms with Gasteiger partial charge in [-0.25, -0.2) is 0 Å². The van der Waals surface area contributed by atoms with E-state index in [0.717, 1.165) is 32.1 Å². The summed E-state index contributed by atoms with van der Waals surface area (Å²) in [5, 5.41) is 8.51. The SMILES string of the molecule is CCC=CCCCCCCC=CCC=CCCCCC(=O)O. The van der Waals surface area contributed by atoms with Crippen LogP contribution in [0, 0.1) is 0 Å². The summed E-state index contributed by atoms with van der Waals surface area (Å²) in [4.78, 5) is 10.3. The normalized spacial score (nSPS) is 12.0. The molecule has 0 bridgehead atoms. The van der Waals surface area contributed by atoms with Gasteiger partial charge in [0.25, 0.3) is 0 Å². The highest BCUT2D eigenvalue weighted by molar-refractivity contribution is 5.66. The minimum atomic E-state index is -0.690. The van der Waals surface area contributed by atoms with Crippen molar-refractivity contribution in [1.82, 2.24) is 0 Å². The third-order valence-electron chi connectivity index (χ3n) is 3.51. The molecule has 2 heteroatoms. The van der Waals surface area contributed by atoms with Crippen molar-refractivity contribution in [2.75, 3.05) is 0 Å². The number of unbranched alkanes of at least 4 members (excludes halogenated alkanes) is 7. The zero-order chi connectivity index (χ0) is 16.3. The number of allylic oxidation sites excluding steroid dienone is 6. The summed E-state index contributed by atoms with van der Waals surface area (Å²) in [6.07, 6.45) is 26.3. The van der Waals surface area contributed by atoms with Crippen LogP contribution in [0.1, 0.15) is 84.0 Å². The van der Waals surface area contributed by atoms with Crippen molar-refractivity contribution in [2.45, 2.75) is 84.0 Å². The van der Waals surface area contributed by atoms with Gasteiger partial charge in [-0.15, -0.1) is 0 Å². The monoisotopic (exact) mass is 306 g/mol. The molecule has 0 amide bonds. The van der Waals surface area contributed by atoms with E-state index in [9.17, 15) is 4.79 Å². The van der Waals surface area contributed by atoms with Crippen LogP contribution >= 0.6 is 0 Å². The maximum absolute atomic E-state index is 10.3. The second kappa shape index (κ2) is 17.7. The molecule has 0 aliphatic rings. The Hall–Kier alpha value is -1.31. The molecule has 0 aromatic carbocycles. The lowest BCUT2D eigenvalue weighted by atomic mass is 10.1.